The second kappa shape index (κ2) is 4.72. The van der Waals surface area contributed by atoms with Crippen molar-refractivity contribution in [3.05, 3.63) is 41.9 Å². The summed E-state index contributed by atoms with van der Waals surface area (Å²) in [5.41, 5.74) is 2.96. The Morgan fingerprint density at radius 2 is 2.21 bits per heavy atom. The number of fused-ring (bicyclic) bond motifs is 1. The monoisotopic (exact) mass is 254 g/mol. The third kappa shape index (κ3) is 2.29. The molecule has 0 bridgehead atoms. The molecule has 0 saturated heterocycles. The van der Waals surface area contributed by atoms with Crippen molar-refractivity contribution >= 4 is 17.3 Å². The maximum absolute atomic E-state index is 10.4. The number of rotatable bonds is 4. The summed E-state index contributed by atoms with van der Waals surface area (Å²) >= 11 is 0. The van der Waals surface area contributed by atoms with E-state index in [9.17, 15) is 4.79 Å². The lowest BCUT2D eigenvalue weighted by molar-refractivity contribution is -0.107. The Balaban J connectivity index is 1.94. The molecule has 0 spiro atoms. The maximum atomic E-state index is 10.4. The second-order valence-electron chi connectivity index (χ2n) is 4.53. The highest BCUT2D eigenvalue weighted by molar-refractivity contribution is 5.80. The number of carbonyl (C=O) groups excluding carboxylic acids is 1. The van der Waals surface area contributed by atoms with Gasteiger partial charge in [0.2, 0.25) is 0 Å². The van der Waals surface area contributed by atoms with Gasteiger partial charge in [0, 0.05) is 18.4 Å². The zero-order valence-corrected chi connectivity index (χ0v) is 10.6. The van der Waals surface area contributed by atoms with Gasteiger partial charge in [0.15, 0.2) is 0 Å². The van der Waals surface area contributed by atoms with Crippen LogP contribution in [0.25, 0.3) is 22.4 Å². The van der Waals surface area contributed by atoms with Crippen LogP contribution in [0.1, 0.15) is 18.0 Å². The van der Waals surface area contributed by atoms with E-state index in [4.69, 9.17) is 4.42 Å². The standard InChI is InChI=1S/C15H14N2O2/c1-10-16-13-6-4-11(9-14(13)17-10)15-7-5-12(19-15)3-2-8-18/h4-9H,2-3H2,1H3,(H,16,17). The van der Waals surface area contributed by atoms with Gasteiger partial charge in [0.05, 0.1) is 11.0 Å². The molecule has 3 rings (SSSR count). The summed E-state index contributed by atoms with van der Waals surface area (Å²) in [6.07, 6.45) is 2.04. The molecule has 19 heavy (non-hydrogen) atoms. The number of aryl methyl sites for hydroxylation is 2. The lowest BCUT2D eigenvalue weighted by Gasteiger charge is -1.97. The average molecular weight is 254 g/mol. The normalized spacial score (nSPS) is 11.0. The number of benzene rings is 1. The fourth-order valence-electron chi connectivity index (χ4n) is 2.16. The molecule has 0 radical (unpaired) electrons. The lowest BCUT2D eigenvalue weighted by Crippen LogP contribution is -1.81. The molecule has 0 fully saturated rings. The molecule has 1 aromatic carbocycles. The summed E-state index contributed by atoms with van der Waals surface area (Å²) in [5.74, 6) is 2.55. The Labute approximate surface area is 110 Å². The summed E-state index contributed by atoms with van der Waals surface area (Å²) < 4.78 is 5.73. The maximum Gasteiger partial charge on any atom is 0.134 e. The van der Waals surface area contributed by atoms with Crippen molar-refractivity contribution in [2.45, 2.75) is 19.8 Å². The van der Waals surface area contributed by atoms with Crippen LogP contribution in [0.3, 0.4) is 0 Å². The van der Waals surface area contributed by atoms with Gasteiger partial charge < -0.3 is 14.2 Å². The molecule has 0 aliphatic carbocycles. The molecule has 0 amide bonds. The first-order valence-electron chi connectivity index (χ1n) is 6.25. The first-order chi connectivity index (χ1) is 9.26. The predicted octanol–water partition coefficient (Wildman–Crippen LogP) is 3.26. The molecule has 0 unspecified atom stereocenters. The van der Waals surface area contributed by atoms with Crippen LogP contribution in [-0.2, 0) is 11.2 Å². The van der Waals surface area contributed by atoms with Crippen molar-refractivity contribution in [2.75, 3.05) is 0 Å². The van der Waals surface area contributed by atoms with Crippen LogP contribution >= 0.6 is 0 Å². The number of aldehydes is 1. The number of hydrogen-bond acceptors (Lipinski definition) is 3. The number of imidazole rings is 1. The Kier molecular flexibility index (Phi) is 2.91. The van der Waals surface area contributed by atoms with E-state index in [2.05, 4.69) is 9.97 Å². The van der Waals surface area contributed by atoms with Crippen molar-refractivity contribution in [1.29, 1.82) is 0 Å². The number of aromatic amines is 1. The van der Waals surface area contributed by atoms with Gasteiger partial charge in [0.1, 0.15) is 23.6 Å². The minimum atomic E-state index is 0.492. The van der Waals surface area contributed by atoms with Crippen molar-refractivity contribution in [1.82, 2.24) is 9.97 Å². The van der Waals surface area contributed by atoms with Crippen LogP contribution in [0.4, 0.5) is 0 Å². The number of carbonyl (C=O) groups is 1. The van der Waals surface area contributed by atoms with Gasteiger partial charge in [-0.3, -0.25) is 0 Å². The van der Waals surface area contributed by atoms with Crippen molar-refractivity contribution < 1.29 is 9.21 Å². The summed E-state index contributed by atoms with van der Waals surface area (Å²) in [6, 6.07) is 9.84. The van der Waals surface area contributed by atoms with Gasteiger partial charge in [-0.2, -0.15) is 0 Å². The lowest BCUT2D eigenvalue weighted by atomic mass is 10.1. The Hall–Kier alpha value is -2.36. The van der Waals surface area contributed by atoms with E-state index < -0.39 is 0 Å². The third-order valence-electron chi connectivity index (χ3n) is 3.06. The van der Waals surface area contributed by atoms with E-state index in [1.54, 1.807) is 0 Å². The topological polar surface area (TPSA) is 58.9 Å². The highest BCUT2D eigenvalue weighted by Crippen LogP contribution is 2.25. The molecule has 2 aromatic heterocycles. The highest BCUT2D eigenvalue weighted by Gasteiger charge is 2.07. The minimum absolute atomic E-state index is 0.492. The number of furan rings is 1. The van der Waals surface area contributed by atoms with Crippen LogP contribution in [0.5, 0.6) is 0 Å². The zero-order chi connectivity index (χ0) is 13.2. The molecule has 0 saturated carbocycles. The predicted molar refractivity (Wildman–Crippen MR) is 72.9 cm³/mol. The zero-order valence-electron chi connectivity index (χ0n) is 10.6. The van der Waals surface area contributed by atoms with E-state index in [0.29, 0.717) is 12.8 Å². The molecule has 2 heterocycles. The van der Waals surface area contributed by atoms with E-state index in [0.717, 1.165) is 40.2 Å². The second-order valence-corrected chi connectivity index (χ2v) is 4.53. The molecule has 4 heteroatoms. The minimum Gasteiger partial charge on any atom is -0.461 e. The SMILES string of the molecule is Cc1nc2ccc(-c3ccc(CCC=O)o3)cc2[nH]1. The number of hydrogen-bond donors (Lipinski definition) is 1. The summed E-state index contributed by atoms with van der Waals surface area (Å²) in [6.45, 7) is 1.93. The fourth-order valence-corrected chi connectivity index (χ4v) is 2.16. The smallest absolute Gasteiger partial charge is 0.134 e. The molecule has 0 aliphatic rings. The van der Waals surface area contributed by atoms with Gasteiger partial charge in [-0.25, -0.2) is 4.98 Å². The molecular formula is C15H14N2O2. The van der Waals surface area contributed by atoms with Gasteiger partial charge >= 0.3 is 0 Å². The van der Waals surface area contributed by atoms with Gasteiger partial charge in [-0.15, -0.1) is 0 Å². The summed E-state index contributed by atoms with van der Waals surface area (Å²) in [7, 11) is 0. The largest absolute Gasteiger partial charge is 0.461 e. The molecular weight excluding hydrogens is 240 g/mol. The van der Waals surface area contributed by atoms with Crippen molar-refractivity contribution in [3.8, 4) is 11.3 Å². The molecule has 96 valence electrons. The van der Waals surface area contributed by atoms with Gasteiger partial charge in [0.25, 0.3) is 0 Å². The van der Waals surface area contributed by atoms with E-state index in [1.807, 2.05) is 37.3 Å². The number of H-pyrrole nitrogens is 1. The van der Waals surface area contributed by atoms with E-state index in [-0.39, 0.29) is 0 Å². The number of nitrogens with zero attached hydrogens (tertiary/aromatic N) is 1. The average Bonchev–Trinajstić information content (AvgIpc) is 3.00. The first kappa shape index (κ1) is 11.7. The summed E-state index contributed by atoms with van der Waals surface area (Å²) in [5, 5.41) is 0. The molecule has 1 N–H and O–H groups in total. The van der Waals surface area contributed by atoms with Gasteiger partial charge in [-0.1, -0.05) is 0 Å². The Bertz CT molecular complexity index is 725. The van der Waals surface area contributed by atoms with Crippen molar-refractivity contribution in [3.63, 3.8) is 0 Å². The quantitative estimate of drug-likeness (QED) is 0.727. The molecule has 0 atom stereocenters. The number of nitrogens with one attached hydrogen (secondary N) is 1. The summed E-state index contributed by atoms with van der Waals surface area (Å²) in [4.78, 5) is 17.9. The number of aromatic nitrogens is 2. The van der Waals surface area contributed by atoms with Crippen LogP contribution in [0, 0.1) is 6.92 Å². The first-order valence-corrected chi connectivity index (χ1v) is 6.25. The Morgan fingerprint density at radius 1 is 1.32 bits per heavy atom. The molecule has 3 aromatic rings. The highest BCUT2D eigenvalue weighted by atomic mass is 16.3. The fraction of sp³-hybridized carbons (Fsp3) is 0.200. The van der Waals surface area contributed by atoms with Crippen molar-refractivity contribution in [2.24, 2.45) is 0 Å². The van der Waals surface area contributed by atoms with E-state index in [1.165, 1.54) is 0 Å². The molecule has 4 nitrogen and oxygen atoms in total. The Morgan fingerprint density at radius 3 is 3.05 bits per heavy atom. The van der Waals surface area contributed by atoms with Gasteiger partial charge in [-0.05, 0) is 37.3 Å². The van der Waals surface area contributed by atoms with Crippen LogP contribution < -0.4 is 0 Å². The third-order valence-corrected chi connectivity index (χ3v) is 3.06. The van der Waals surface area contributed by atoms with Crippen LogP contribution in [0.15, 0.2) is 34.7 Å². The van der Waals surface area contributed by atoms with Crippen LogP contribution in [0.2, 0.25) is 0 Å². The van der Waals surface area contributed by atoms with E-state index >= 15 is 0 Å². The van der Waals surface area contributed by atoms with Crippen LogP contribution in [-0.4, -0.2) is 16.3 Å². The molecule has 0 aliphatic heterocycles.